The van der Waals surface area contributed by atoms with Crippen LogP contribution in [0, 0.1) is 5.92 Å². The molecule has 3 saturated heterocycles. The number of urea groups is 1. The Balaban J connectivity index is 1.66. The minimum atomic E-state index is -2.19. The quantitative estimate of drug-likeness (QED) is 0.768. The maximum absolute atomic E-state index is 13.7. The average Bonchev–Trinajstić information content (AvgIpc) is 2.89. The minimum Gasteiger partial charge on any atom is -0.381 e. The number of ether oxygens (including phenoxy) is 2. The van der Waals surface area contributed by atoms with Crippen molar-refractivity contribution in [3.05, 3.63) is 18.3 Å². The smallest absolute Gasteiger partial charge is 0.322 e. The number of morpholine rings is 1. The van der Waals surface area contributed by atoms with Gasteiger partial charge in [-0.1, -0.05) is 0 Å². The van der Waals surface area contributed by atoms with Crippen LogP contribution in [0.2, 0.25) is 1.41 Å². The molecule has 8 nitrogen and oxygen atoms in total. The number of rotatable bonds is 5. The summed E-state index contributed by atoms with van der Waals surface area (Å²) in [6, 6.07) is 0.773. The Labute approximate surface area is 182 Å². The molecule has 3 fully saturated rings. The number of aromatic nitrogens is 1. The number of nitrogens with one attached hydrogen (secondary N) is 2. The van der Waals surface area contributed by atoms with E-state index in [0.717, 1.165) is 4.90 Å². The van der Waals surface area contributed by atoms with E-state index in [0.29, 0.717) is 63.4 Å². The SMILES string of the molecule is [2H]C1OC([2H])C([2H])C(N([2H])C(=O)N(c2ccc(N3CCOCC3)nc2)C([2H])([2H])C2CCNCC2)C1[2H]. The first-order chi connectivity index (χ1) is 17.1. The number of carbonyl (C=O) groups is 1. The molecule has 0 aliphatic carbocycles. The number of pyridine rings is 1. The van der Waals surface area contributed by atoms with Crippen molar-refractivity contribution in [2.24, 2.45) is 5.92 Å². The van der Waals surface area contributed by atoms with Gasteiger partial charge in [0, 0.05) is 41.5 Å². The first-order valence-electron chi connectivity index (χ1n) is 13.8. The second kappa shape index (κ2) is 10.2. The van der Waals surface area contributed by atoms with Crippen LogP contribution in [-0.4, -0.2) is 76.1 Å². The maximum atomic E-state index is 13.7. The van der Waals surface area contributed by atoms with Gasteiger partial charge in [-0.15, -0.1) is 0 Å². The normalized spacial score (nSPS) is 37.7. The van der Waals surface area contributed by atoms with Gasteiger partial charge < -0.3 is 25.0 Å². The summed E-state index contributed by atoms with van der Waals surface area (Å²) in [6.45, 7) is -1.54. The second-order valence-electron chi connectivity index (χ2n) is 7.16. The highest BCUT2D eigenvalue weighted by Crippen LogP contribution is 2.23. The number of piperidine rings is 1. The molecule has 0 saturated carbocycles. The monoisotopic (exact) mass is 410 g/mol. The van der Waals surface area contributed by atoms with Gasteiger partial charge in [-0.3, -0.25) is 4.90 Å². The number of anilines is 2. The molecule has 3 aliphatic heterocycles. The van der Waals surface area contributed by atoms with E-state index in [-0.39, 0.29) is 5.69 Å². The molecule has 1 aromatic heterocycles. The summed E-state index contributed by atoms with van der Waals surface area (Å²) in [6.07, 6.45) is -0.544. The predicted molar refractivity (Wildman–Crippen MR) is 113 cm³/mol. The number of amides is 2. The zero-order chi connectivity index (χ0) is 26.0. The van der Waals surface area contributed by atoms with Crippen molar-refractivity contribution in [3.63, 3.8) is 0 Å². The van der Waals surface area contributed by atoms with Gasteiger partial charge in [0.05, 0.1) is 30.6 Å². The van der Waals surface area contributed by atoms with E-state index in [1.807, 2.05) is 4.90 Å². The van der Waals surface area contributed by atoms with E-state index in [2.05, 4.69) is 10.3 Å². The van der Waals surface area contributed by atoms with Gasteiger partial charge >= 0.3 is 6.03 Å². The number of carbonyl (C=O) groups excluding carboxylic acids is 1. The summed E-state index contributed by atoms with van der Waals surface area (Å²) >= 11 is 0. The third-order valence-corrected chi connectivity index (χ3v) is 5.14. The second-order valence-corrected chi connectivity index (χ2v) is 7.16. The molecule has 0 aromatic carbocycles. The van der Waals surface area contributed by atoms with Crippen LogP contribution < -0.4 is 20.4 Å². The van der Waals surface area contributed by atoms with Crippen LogP contribution in [0.3, 0.4) is 0 Å². The largest absolute Gasteiger partial charge is 0.381 e. The van der Waals surface area contributed by atoms with Gasteiger partial charge in [0.15, 0.2) is 1.41 Å². The van der Waals surface area contributed by atoms with Gasteiger partial charge in [0.2, 0.25) is 0 Å². The van der Waals surface area contributed by atoms with E-state index in [4.69, 9.17) is 19.1 Å². The van der Waals surface area contributed by atoms with E-state index >= 15 is 0 Å². The van der Waals surface area contributed by atoms with Crippen molar-refractivity contribution >= 4 is 17.5 Å². The topological polar surface area (TPSA) is 79.0 Å². The first-order valence-corrected chi connectivity index (χ1v) is 10.1. The minimum absolute atomic E-state index is 0.151. The van der Waals surface area contributed by atoms with Crippen molar-refractivity contribution in [2.75, 3.05) is 68.9 Å². The van der Waals surface area contributed by atoms with E-state index in [1.165, 1.54) is 6.20 Å². The van der Waals surface area contributed by atoms with Crippen molar-refractivity contribution < 1.29 is 23.9 Å². The summed E-state index contributed by atoms with van der Waals surface area (Å²) in [4.78, 5) is 21.1. The molecule has 2 amide bonds. The first kappa shape index (κ1) is 13.4. The highest BCUT2D eigenvalue weighted by molar-refractivity contribution is 5.92. The zero-order valence-corrected chi connectivity index (χ0v) is 16.4. The third kappa shape index (κ3) is 5.58. The van der Waals surface area contributed by atoms with Gasteiger partial charge in [0.1, 0.15) is 5.82 Å². The Bertz CT molecular complexity index is 875. The van der Waals surface area contributed by atoms with Crippen LogP contribution in [0.5, 0.6) is 0 Å². The van der Waals surface area contributed by atoms with Crippen molar-refractivity contribution in [1.29, 1.82) is 0 Å². The molecule has 1 aromatic rings. The molecule has 4 rings (SSSR count). The molecular formula is C21H33N5O3. The lowest BCUT2D eigenvalue weighted by Crippen LogP contribution is -2.49. The fourth-order valence-electron chi connectivity index (χ4n) is 3.50. The molecule has 4 unspecified atom stereocenters. The molecule has 4 heterocycles. The van der Waals surface area contributed by atoms with E-state index in [9.17, 15) is 4.79 Å². The van der Waals surface area contributed by atoms with E-state index < -0.39 is 50.4 Å². The van der Waals surface area contributed by atoms with Gasteiger partial charge in [-0.2, -0.15) is 0 Å². The number of hydrogen-bond donors (Lipinski definition) is 2. The number of nitrogens with zero attached hydrogens (tertiary/aromatic N) is 3. The fourth-order valence-corrected chi connectivity index (χ4v) is 3.50. The summed E-state index contributed by atoms with van der Waals surface area (Å²) in [7, 11) is 0. The molecule has 4 atom stereocenters. The lowest BCUT2D eigenvalue weighted by atomic mass is 9.97. The molecule has 0 bridgehead atoms. The molecular weight excluding hydrogens is 370 g/mol. The van der Waals surface area contributed by atoms with Crippen LogP contribution >= 0.6 is 0 Å². The van der Waals surface area contributed by atoms with Crippen LogP contribution in [0.25, 0.3) is 0 Å². The predicted octanol–water partition coefficient (Wildman–Crippen LogP) is 1.61. The summed E-state index contributed by atoms with van der Waals surface area (Å²) in [5.41, 5.74) is 0.151. The Kier molecular flexibility index (Phi) is 4.73. The molecule has 3 aliphatic rings. The summed E-state index contributed by atoms with van der Waals surface area (Å²) in [5.74, 6) is 0.145. The van der Waals surface area contributed by atoms with Crippen molar-refractivity contribution in [3.8, 4) is 0 Å². The Hall–Kier alpha value is -1.90. The number of hydrogen-bond acceptors (Lipinski definition) is 6. The Morgan fingerprint density at radius 1 is 1.31 bits per heavy atom. The van der Waals surface area contributed by atoms with Crippen LogP contribution in [0.4, 0.5) is 16.3 Å². The average molecular weight is 411 g/mol. The molecule has 2 N–H and O–H groups in total. The molecule has 8 heteroatoms. The molecule has 0 radical (unpaired) electrons. The van der Waals surface area contributed by atoms with Crippen LogP contribution in [-0.2, 0) is 9.47 Å². The fraction of sp³-hybridized carbons (Fsp3) is 0.714. The van der Waals surface area contributed by atoms with Crippen LogP contribution in [0.1, 0.15) is 33.9 Å². The highest BCUT2D eigenvalue weighted by atomic mass is 16.5. The molecule has 160 valence electrons. The lowest BCUT2D eigenvalue weighted by Gasteiger charge is -2.33. The van der Waals surface area contributed by atoms with Gasteiger partial charge in [-0.05, 0) is 56.8 Å². The summed E-state index contributed by atoms with van der Waals surface area (Å²) < 4.78 is 69.1. The van der Waals surface area contributed by atoms with Gasteiger partial charge in [0.25, 0.3) is 0 Å². The zero-order valence-electron chi connectivity index (χ0n) is 23.4. The molecule has 0 spiro atoms. The van der Waals surface area contributed by atoms with Crippen molar-refractivity contribution in [1.82, 2.24) is 15.6 Å². The molecule has 29 heavy (non-hydrogen) atoms. The third-order valence-electron chi connectivity index (χ3n) is 5.14. The Morgan fingerprint density at radius 2 is 2.07 bits per heavy atom. The highest BCUT2D eigenvalue weighted by Gasteiger charge is 2.25. The lowest BCUT2D eigenvalue weighted by molar-refractivity contribution is 0.0803. The standard InChI is InChI=1S/C21H33N5O3/c27-21(24-18-5-11-28-12-6-18)26(16-17-3-7-22-8-4-17)19-1-2-20(23-15-19)25-9-13-29-14-10-25/h1-2,15,17-18,22H,3-14,16H2,(H,24,27)/i5D,6D,11D,12D,16D2/hD. The van der Waals surface area contributed by atoms with Gasteiger partial charge in [-0.25, -0.2) is 9.78 Å². The summed E-state index contributed by atoms with van der Waals surface area (Å²) in [5, 5.41) is 3.57. The van der Waals surface area contributed by atoms with Crippen molar-refractivity contribution in [2.45, 2.75) is 31.7 Å². The van der Waals surface area contributed by atoms with Crippen LogP contribution in [0.15, 0.2) is 18.3 Å². The maximum Gasteiger partial charge on any atom is 0.322 e. The Morgan fingerprint density at radius 3 is 2.76 bits per heavy atom. The van der Waals surface area contributed by atoms with E-state index in [1.54, 1.807) is 12.1 Å².